The number of para-hydroxylation sites is 1. The lowest BCUT2D eigenvalue weighted by molar-refractivity contribution is -0.122. The maximum Gasteiger partial charge on any atom is 0.234 e. The van der Waals surface area contributed by atoms with Crippen LogP contribution < -0.4 is 15.0 Å². The van der Waals surface area contributed by atoms with E-state index < -0.39 is 0 Å². The first-order chi connectivity index (χ1) is 13.1. The van der Waals surface area contributed by atoms with Gasteiger partial charge in [0.2, 0.25) is 5.91 Å². The van der Waals surface area contributed by atoms with E-state index in [2.05, 4.69) is 10.2 Å². The number of amides is 1. The first-order valence-corrected chi connectivity index (χ1v) is 9.30. The highest BCUT2D eigenvalue weighted by atomic mass is 19.1. The topological polar surface area (TPSA) is 44.8 Å². The van der Waals surface area contributed by atoms with Gasteiger partial charge >= 0.3 is 0 Å². The molecular weight excluding hydrogens is 345 g/mol. The molecule has 27 heavy (non-hydrogen) atoms. The van der Waals surface area contributed by atoms with Crippen molar-refractivity contribution in [3.05, 3.63) is 59.9 Å². The third-order valence-electron chi connectivity index (χ3n) is 4.62. The molecule has 0 saturated carbocycles. The van der Waals surface area contributed by atoms with E-state index >= 15 is 0 Å². The van der Waals surface area contributed by atoms with Crippen LogP contribution in [0.15, 0.2) is 48.5 Å². The number of hydrogen-bond acceptors (Lipinski definition) is 4. The molecule has 0 unspecified atom stereocenters. The van der Waals surface area contributed by atoms with Crippen molar-refractivity contribution in [3.63, 3.8) is 0 Å². The van der Waals surface area contributed by atoms with Gasteiger partial charge in [0.25, 0.3) is 0 Å². The summed E-state index contributed by atoms with van der Waals surface area (Å²) in [4.78, 5) is 16.2. The zero-order valence-corrected chi connectivity index (χ0v) is 15.7. The Kier molecular flexibility index (Phi) is 6.65. The Hall–Kier alpha value is -2.60. The molecule has 1 aliphatic heterocycles. The Morgan fingerprint density at radius 1 is 1.11 bits per heavy atom. The predicted molar refractivity (Wildman–Crippen MR) is 105 cm³/mol. The van der Waals surface area contributed by atoms with Crippen molar-refractivity contribution < 1.29 is 13.9 Å². The van der Waals surface area contributed by atoms with Crippen LogP contribution in [0.3, 0.4) is 0 Å². The molecule has 6 heteroatoms. The van der Waals surface area contributed by atoms with Gasteiger partial charge in [0.15, 0.2) is 0 Å². The van der Waals surface area contributed by atoms with E-state index in [-0.39, 0.29) is 11.7 Å². The van der Waals surface area contributed by atoms with E-state index in [4.69, 9.17) is 4.74 Å². The highest BCUT2D eigenvalue weighted by Gasteiger charge is 2.20. The molecule has 1 saturated heterocycles. The lowest BCUT2D eigenvalue weighted by Crippen LogP contribution is -2.50. The second-order valence-corrected chi connectivity index (χ2v) is 6.73. The molecule has 0 atom stereocenters. The first-order valence-electron chi connectivity index (χ1n) is 9.30. The molecule has 1 N–H and O–H groups in total. The van der Waals surface area contributed by atoms with Crippen molar-refractivity contribution in [2.24, 2.45) is 0 Å². The third-order valence-corrected chi connectivity index (χ3v) is 4.62. The highest BCUT2D eigenvalue weighted by molar-refractivity contribution is 5.78. The van der Waals surface area contributed by atoms with Crippen LogP contribution in [-0.4, -0.2) is 56.7 Å². The average Bonchev–Trinajstić information content (AvgIpc) is 2.67. The summed E-state index contributed by atoms with van der Waals surface area (Å²) in [5.74, 6) is 0.605. The molecule has 5 nitrogen and oxygen atoms in total. The summed E-state index contributed by atoms with van der Waals surface area (Å²) in [6.45, 7) is 6.19. The highest BCUT2D eigenvalue weighted by Crippen LogP contribution is 2.20. The van der Waals surface area contributed by atoms with Gasteiger partial charge in [0.1, 0.15) is 18.2 Å². The fraction of sp³-hybridized carbons (Fsp3) is 0.381. The number of hydrogen-bond donors (Lipinski definition) is 1. The van der Waals surface area contributed by atoms with Gasteiger partial charge in [-0.1, -0.05) is 24.3 Å². The Balaban J connectivity index is 1.34. The van der Waals surface area contributed by atoms with Gasteiger partial charge in [-0.2, -0.15) is 0 Å². The number of benzene rings is 2. The van der Waals surface area contributed by atoms with E-state index in [1.807, 2.05) is 42.2 Å². The minimum Gasteiger partial charge on any atom is -0.492 e. The molecule has 3 rings (SSSR count). The van der Waals surface area contributed by atoms with Gasteiger partial charge in [-0.05, 0) is 36.8 Å². The van der Waals surface area contributed by atoms with Gasteiger partial charge in [-0.15, -0.1) is 0 Å². The molecule has 0 aromatic heterocycles. The molecule has 2 aromatic carbocycles. The van der Waals surface area contributed by atoms with E-state index in [9.17, 15) is 9.18 Å². The summed E-state index contributed by atoms with van der Waals surface area (Å²) in [5.41, 5.74) is 1.78. The van der Waals surface area contributed by atoms with Gasteiger partial charge in [-0.3, -0.25) is 9.69 Å². The van der Waals surface area contributed by atoms with Crippen molar-refractivity contribution in [1.82, 2.24) is 10.2 Å². The fourth-order valence-corrected chi connectivity index (χ4v) is 3.18. The largest absolute Gasteiger partial charge is 0.492 e. The van der Waals surface area contributed by atoms with Gasteiger partial charge in [0.05, 0.1) is 18.8 Å². The van der Waals surface area contributed by atoms with Crippen LogP contribution in [-0.2, 0) is 4.79 Å². The molecule has 2 aromatic rings. The number of halogens is 1. The maximum atomic E-state index is 13.9. The summed E-state index contributed by atoms with van der Waals surface area (Å²) in [6.07, 6.45) is 0. The standard InChI is InChI=1S/C21H26FN3O2/c1-17-5-4-6-18(15-17)27-14-9-23-21(26)16-24-10-12-25(13-11-24)20-8-3-2-7-19(20)22/h2-8,15H,9-14,16H2,1H3,(H,23,26). The number of carbonyl (C=O) groups is 1. The lowest BCUT2D eigenvalue weighted by atomic mass is 10.2. The van der Waals surface area contributed by atoms with Gasteiger partial charge < -0.3 is 15.0 Å². The van der Waals surface area contributed by atoms with Gasteiger partial charge in [0, 0.05) is 26.2 Å². The van der Waals surface area contributed by atoms with Crippen LogP contribution in [0.5, 0.6) is 5.75 Å². The molecule has 0 bridgehead atoms. The van der Waals surface area contributed by atoms with Crippen molar-refractivity contribution in [2.75, 3.05) is 50.8 Å². The number of aryl methyl sites for hydroxylation is 1. The quantitative estimate of drug-likeness (QED) is 0.760. The SMILES string of the molecule is Cc1cccc(OCCNC(=O)CN2CCN(c3ccccc3F)CC2)c1. The Bertz CT molecular complexity index is 761. The van der Waals surface area contributed by atoms with E-state index in [1.165, 1.54) is 6.07 Å². The molecule has 1 amide bonds. The molecular formula is C21H26FN3O2. The minimum atomic E-state index is -0.197. The lowest BCUT2D eigenvalue weighted by Gasteiger charge is -2.35. The van der Waals surface area contributed by atoms with Crippen LogP contribution in [0.2, 0.25) is 0 Å². The van der Waals surface area contributed by atoms with E-state index in [1.54, 1.807) is 12.1 Å². The number of ether oxygens (including phenoxy) is 1. The zero-order valence-electron chi connectivity index (χ0n) is 15.7. The summed E-state index contributed by atoms with van der Waals surface area (Å²) in [5, 5.41) is 2.89. The molecule has 1 aliphatic rings. The normalized spacial score (nSPS) is 14.8. The Morgan fingerprint density at radius 3 is 2.63 bits per heavy atom. The van der Waals surface area contributed by atoms with Crippen molar-refractivity contribution in [2.45, 2.75) is 6.92 Å². The number of carbonyl (C=O) groups excluding carboxylic acids is 1. The molecule has 144 valence electrons. The van der Waals surface area contributed by atoms with E-state index in [0.29, 0.717) is 38.5 Å². The smallest absolute Gasteiger partial charge is 0.234 e. The van der Waals surface area contributed by atoms with Crippen LogP contribution >= 0.6 is 0 Å². The second kappa shape index (κ2) is 9.37. The van der Waals surface area contributed by atoms with Crippen molar-refractivity contribution in [3.8, 4) is 5.75 Å². The molecule has 0 radical (unpaired) electrons. The monoisotopic (exact) mass is 371 g/mol. The number of anilines is 1. The van der Waals surface area contributed by atoms with E-state index in [0.717, 1.165) is 24.4 Å². The molecule has 1 heterocycles. The van der Waals surface area contributed by atoms with Crippen LogP contribution in [0.25, 0.3) is 0 Å². The maximum absolute atomic E-state index is 13.9. The Morgan fingerprint density at radius 2 is 1.89 bits per heavy atom. The van der Waals surface area contributed by atoms with Crippen LogP contribution in [0.4, 0.5) is 10.1 Å². The third kappa shape index (κ3) is 5.69. The summed E-state index contributed by atoms with van der Waals surface area (Å²) in [7, 11) is 0. The van der Waals surface area contributed by atoms with Crippen molar-refractivity contribution in [1.29, 1.82) is 0 Å². The predicted octanol–water partition coefficient (Wildman–Crippen LogP) is 2.45. The molecule has 0 spiro atoms. The Labute approximate surface area is 159 Å². The fourth-order valence-electron chi connectivity index (χ4n) is 3.18. The van der Waals surface area contributed by atoms with Gasteiger partial charge in [-0.25, -0.2) is 4.39 Å². The number of rotatable bonds is 7. The number of nitrogens with zero attached hydrogens (tertiary/aromatic N) is 2. The average molecular weight is 371 g/mol. The summed E-state index contributed by atoms with van der Waals surface area (Å²) < 4.78 is 19.5. The zero-order chi connectivity index (χ0) is 19.1. The molecule has 1 fully saturated rings. The number of piperazine rings is 1. The second-order valence-electron chi connectivity index (χ2n) is 6.73. The summed E-state index contributed by atoms with van der Waals surface area (Å²) in [6, 6.07) is 14.7. The molecule has 0 aliphatic carbocycles. The minimum absolute atomic E-state index is 0.0119. The van der Waals surface area contributed by atoms with Crippen molar-refractivity contribution >= 4 is 11.6 Å². The first kappa shape index (κ1) is 19.2. The van der Waals surface area contributed by atoms with Crippen LogP contribution in [0, 0.1) is 12.7 Å². The van der Waals surface area contributed by atoms with Crippen LogP contribution in [0.1, 0.15) is 5.56 Å². The summed E-state index contributed by atoms with van der Waals surface area (Å²) >= 11 is 0. The number of nitrogens with one attached hydrogen (secondary N) is 1.